The highest BCUT2D eigenvalue weighted by Crippen LogP contribution is 2.24. The number of aromatic amines is 1. The first-order valence-corrected chi connectivity index (χ1v) is 6.00. The molecule has 4 nitrogen and oxygen atoms in total. The van der Waals surface area contributed by atoms with Crippen LogP contribution in [0.25, 0.3) is 11.0 Å². The predicted octanol–water partition coefficient (Wildman–Crippen LogP) is 2.68. The summed E-state index contributed by atoms with van der Waals surface area (Å²) < 4.78 is 0. The van der Waals surface area contributed by atoms with Gasteiger partial charge in [0.2, 0.25) is 0 Å². The van der Waals surface area contributed by atoms with Crippen molar-refractivity contribution in [2.45, 2.75) is 6.92 Å². The second-order valence-electron chi connectivity index (χ2n) is 4.47. The number of hydrogen-bond acceptors (Lipinski definition) is 3. The summed E-state index contributed by atoms with van der Waals surface area (Å²) in [5.74, 6) is -0.0742. The zero-order valence-corrected chi connectivity index (χ0v) is 10.5. The summed E-state index contributed by atoms with van der Waals surface area (Å²) in [6.45, 7) is 1.89. The van der Waals surface area contributed by atoms with Gasteiger partial charge in [-0.1, -0.05) is 12.1 Å². The van der Waals surface area contributed by atoms with E-state index in [1.807, 2.05) is 31.2 Å². The molecule has 0 aliphatic heterocycles. The van der Waals surface area contributed by atoms with Crippen LogP contribution in [0.3, 0.4) is 0 Å². The Bertz CT molecular complexity index is 754. The van der Waals surface area contributed by atoms with Gasteiger partial charge in [-0.2, -0.15) is 0 Å². The second kappa shape index (κ2) is 4.24. The number of aromatic nitrogens is 2. The lowest BCUT2D eigenvalue weighted by Gasteiger charge is -2.07. The van der Waals surface area contributed by atoms with E-state index in [9.17, 15) is 4.79 Å². The van der Waals surface area contributed by atoms with Gasteiger partial charge >= 0.3 is 0 Å². The molecule has 0 unspecified atom stereocenters. The van der Waals surface area contributed by atoms with Crippen molar-refractivity contribution < 1.29 is 4.79 Å². The first-order valence-electron chi connectivity index (χ1n) is 6.00. The summed E-state index contributed by atoms with van der Waals surface area (Å²) in [5, 5.41) is 0.815. The van der Waals surface area contributed by atoms with E-state index in [0.29, 0.717) is 22.5 Å². The summed E-state index contributed by atoms with van der Waals surface area (Å²) in [6.07, 6.45) is 3.38. The molecule has 0 amide bonds. The largest absolute Gasteiger partial charge is 0.398 e. The average Bonchev–Trinajstić information content (AvgIpc) is 2.82. The number of rotatable bonds is 2. The lowest BCUT2D eigenvalue weighted by molar-refractivity contribution is 0.104. The van der Waals surface area contributed by atoms with E-state index >= 15 is 0 Å². The molecule has 0 spiro atoms. The summed E-state index contributed by atoms with van der Waals surface area (Å²) in [5.41, 5.74) is 9.18. The molecule has 0 saturated heterocycles. The lowest BCUT2D eigenvalue weighted by atomic mass is 9.97. The van der Waals surface area contributed by atoms with E-state index in [-0.39, 0.29) is 5.78 Å². The molecular formula is C15H13N3O. The molecule has 3 N–H and O–H groups in total. The van der Waals surface area contributed by atoms with E-state index in [4.69, 9.17) is 5.73 Å². The number of nitrogens with two attached hydrogens (primary N) is 1. The molecule has 0 aliphatic carbocycles. The topological polar surface area (TPSA) is 71.8 Å². The third-order valence-electron chi connectivity index (χ3n) is 3.23. The normalized spacial score (nSPS) is 10.8. The Balaban J connectivity index is 2.20. The van der Waals surface area contributed by atoms with Gasteiger partial charge in [-0.25, -0.2) is 4.98 Å². The summed E-state index contributed by atoms with van der Waals surface area (Å²) in [4.78, 5) is 19.8. The monoisotopic (exact) mass is 251 g/mol. The maximum Gasteiger partial charge on any atom is 0.197 e. The number of anilines is 1. The summed E-state index contributed by atoms with van der Waals surface area (Å²) >= 11 is 0. The molecule has 2 aromatic heterocycles. The lowest BCUT2D eigenvalue weighted by Crippen LogP contribution is -2.07. The number of carbonyl (C=O) groups is 1. The van der Waals surface area contributed by atoms with Crippen LogP contribution < -0.4 is 5.73 Å². The molecular weight excluding hydrogens is 238 g/mol. The van der Waals surface area contributed by atoms with E-state index in [1.165, 1.54) is 0 Å². The smallest absolute Gasteiger partial charge is 0.197 e. The number of carbonyl (C=O) groups excluding carboxylic acids is 1. The van der Waals surface area contributed by atoms with Gasteiger partial charge in [0, 0.05) is 34.6 Å². The molecule has 4 heteroatoms. The van der Waals surface area contributed by atoms with Crippen molar-refractivity contribution in [2.75, 3.05) is 5.73 Å². The van der Waals surface area contributed by atoms with Crippen molar-refractivity contribution >= 4 is 22.5 Å². The highest BCUT2D eigenvalue weighted by atomic mass is 16.1. The highest BCUT2D eigenvalue weighted by Gasteiger charge is 2.18. The number of aryl methyl sites for hydroxylation is 1. The molecule has 0 fully saturated rings. The van der Waals surface area contributed by atoms with Gasteiger partial charge in [0.1, 0.15) is 5.65 Å². The van der Waals surface area contributed by atoms with Gasteiger partial charge in [0.15, 0.2) is 5.78 Å². The molecule has 19 heavy (non-hydrogen) atoms. The number of H-pyrrole nitrogens is 1. The Morgan fingerprint density at radius 2 is 2.11 bits per heavy atom. The molecule has 1 aromatic carbocycles. The van der Waals surface area contributed by atoms with Crippen LogP contribution in [0.1, 0.15) is 21.5 Å². The molecule has 0 radical (unpaired) electrons. The number of ketones is 1. The number of fused-ring (bicyclic) bond motifs is 1. The van der Waals surface area contributed by atoms with Crippen LogP contribution in [-0.4, -0.2) is 15.8 Å². The van der Waals surface area contributed by atoms with Crippen LogP contribution in [-0.2, 0) is 0 Å². The van der Waals surface area contributed by atoms with Crippen LogP contribution in [0.4, 0.5) is 5.69 Å². The van der Waals surface area contributed by atoms with Crippen LogP contribution >= 0.6 is 0 Å². The summed E-state index contributed by atoms with van der Waals surface area (Å²) in [6, 6.07) is 9.16. The molecule has 3 rings (SSSR count). The SMILES string of the molecule is Cc1cccc(N)c1C(=O)c1c[nH]c2ncccc12. The van der Waals surface area contributed by atoms with Crippen molar-refractivity contribution in [2.24, 2.45) is 0 Å². The fraction of sp³-hybridized carbons (Fsp3) is 0.0667. The number of nitrogens with zero attached hydrogens (tertiary/aromatic N) is 1. The fourth-order valence-electron chi connectivity index (χ4n) is 2.28. The second-order valence-corrected chi connectivity index (χ2v) is 4.47. The van der Waals surface area contributed by atoms with E-state index in [2.05, 4.69) is 9.97 Å². The van der Waals surface area contributed by atoms with Crippen molar-refractivity contribution in [3.8, 4) is 0 Å². The Morgan fingerprint density at radius 1 is 1.26 bits per heavy atom. The zero-order valence-electron chi connectivity index (χ0n) is 10.5. The minimum absolute atomic E-state index is 0.0742. The number of nitrogens with one attached hydrogen (secondary N) is 1. The van der Waals surface area contributed by atoms with E-state index < -0.39 is 0 Å². The van der Waals surface area contributed by atoms with Gasteiger partial charge in [-0.05, 0) is 30.7 Å². The van der Waals surface area contributed by atoms with Gasteiger partial charge in [-0.15, -0.1) is 0 Å². The Labute approximate surface area is 110 Å². The standard InChI is InChI=1S/C15H13N3O/c1-9-4-2-6-12(16)13(9)14(19)11-8-18-15-10(11)5-3-7-17-15/h2-8H,16H2,1H3,(H,17,18). The van der Waals surface area contributed by atoms with Crippen molar-refractivity contribution in [1.29, 1.82) is 0 Å². The molecule has 0 atom stereocenters. The van der Waals surface area contributed by atoms with Crippen LogP contribution in [0.5, 0.6) is 0 Å². The number of hydrogen-bond donors (Lipinski definition) is 2. The highest BCUT2D eigenvalue weighted by molar-refractivity contribution is 6.18. The molecule has 0 aliphatic rings. The van der Waals surface area contributed by atoms with E-state index in [0.717, 1.165) is 10.9 Å². The molecule has 3 aromatic rings. The van der Waals surface area contributed by atoms with Crippen molar-refractivity contribution in [3.05, 3.63) is 59.4 Å². The Morgan fingerprint density at radius 3 is 2.89 bits per heavy atom. The molecule has 0 bridgehead atoms. The van der Waals surface area contributed by atoms with Crippen molar-refractivity contribution in [3.63, 3.8) is 0 Å². The number of nitrogen functional groups attached to an aromatic ring is 1. The first kappa shape index (κ1) is 11.5. The van der Waals surface area contributed by atoms with Gasteiger partial charge in [0.25, 0.3) is 0 Å². The summed E-state index contributed by atoms with van der Waals surface area (Å²) in [7, 11) is 0. The number of pyridine rings is 1. The quantitative estimate of drug-likeness (QED) is 0.543. The maximum atomic E-state index is 12.6. The van der Waals surface area contributed by atoms with Crippen LogP contribution in [0.2, 0.25) is 0 Å². The minimum atomic E-state index is -0.0742. The van der Waals surface area contributed by atoms with Crippen LogP contribution in [0, 0.1) is 6.92 Å². The predicted molar refractivity (Wildman–Crippen MR) is 75.1 cm³/mol. The van der Waals surface area contributed by atoms with Gasteiger partial charge in [-0.3, -0.25) is 4.79 Å². The van der Waals surface area contributed by atoms with E-state index in [1.54, 1.807) is 18.5 Å². The third-order valence-corrected chi connectivity index (χ3v) is 3.23. The van der Waals surface area contributed by atoms with Crippen LogP contribution in [0.15, 0.2) is 42.7 Å². The third kappa shape index (κ3) is 1.78. The molecule has 2 heterocycles. The first-order chi connectivity index (χ1) is 9.18. The number of benzene rings is 1. The molecule has 94 valence electrons. The van der Waals surface area contributed by atoms with Gasteiger partial charge in [0.05, 0.1) is 0 Å². The Hall–Kier alpha value is -2.62. The minimum Gasteiger partial charge on any atom is -0.398 e. The molecule has 0 saturated carbocycles. The van der Waals surface area contributed by atoms with Crippen molar-refractivity contribution in [1.82, 2.24) is 9.97 Å². The van der Waals surface area contributed by atoms with Gasteiger partial charge < -0.3 is 10.7 Å². The fourth-order valence-corrected chi connectivity index (χ4v) is 2.28. The average molecular weight is 251 g/mol. The maximum absolute atomic E-state index is 12.6. The zero-order chi connectivity index (χ0) is 13.4. The Kier molecular flexibility index (Phi) is 2.56.